The lowest BCUT2D eigenvalue weighted by Crippen LogP contribution is -2.53. The summed E-state index contributed by atoms with van der Waals surface area (Å²) < 4.78 is 38.0. The third kappa shape index (κ3) is 3.22. The largest absolute Gasteiger partial charge is 0.481 e. The Morgan fingerprint density at radius 3 is 2.65 bits per heavy atom. The second kappa shape index (κ2) is 5.81. The Labute approximate surface area is 131 Å². The Balaban J connectivity index is 1.79. The number of hydrogen-bond donors (Lipinski definition) is 2. The molecule has 2 fully saturated rings. The van der Waals surface area contributed by atoms with Gasteiger partial charge >= 0.3 is 12.1 Å². The van der Waals surface area contributed by atoms with Crippen molar-refractivity contribution in [3.8, 4) is 0 Å². The molecule has 5 nitrogen and oxygen atoms in total. The maximum atomic E-state index is 12.7. The molecule has 1 aliphatic heterocycles. The van der Waals surface area contributed by atoms with Crippen molar-refractivity contribution in [3.05, 3.63) is 17.5 Å². The Morgan fingerprint density at radius 2 is 2.09 bits per heavy atom. The monoisotopic (exact) mass is 331 g/mol. The van der Waals surface area contributed by atoms with Crippen molar-refractivity contribution in [3.63, 3.8) is 0 Å². The van der Waals surface area contributed by atoms with Crippen molar-refractivity contribution >= 4 is 5.97 Å². The smallest absolute Gasteiger partial charge is 0.435 e. The van der Waals surface area contributed by atoms with Crippen LogP contribution in [-0.4, -0.2) is 38.3 Å². The molecule has 8 heteroatoms. The van der Waals surface area contributed by atoms with Crippen molar-refractivity contribution in [1.29, 1.82) is 0 Å². The van der Waals surface area contributed by atoms with E-state index in [0.717, 1.165) is 38.2 Å². The quantitative estimate of drug-likeness (QED) is 0.893. The summed E-state index contributed by atoms with van der Waals surface area (Å²) in [6.45, 7) is 0.669. The summed E-state index contributed by atoms with van der Waals surface area (Å²) in [4.78, 5) is 13.4. The number of piperidine rings is 1. The number of H-pyrrole nitrogens is 1. The fourth-order valence-electron chi connectivity index (χ4n) is 3.98. The van der Waals surface area contributed by atoms with Crippen LogP contribution in [0.5, 0.6) is 0 Å². The number of aromatic amines is 1. The SMILES string of the molecule is O=C(O)C1CCC2(CCCC2)N(Cc2cc(C(F)(F)F)n[nH]2)C1. The molecular formula is C15H20F3N3O2. The molecule has 2 heterocycles. The number of rotatable bonds is 3. The maximum absolute atomic E-state index is 12.7. The molecule has 1 saturated heterocycles. The molecule has 1 atom stereocenters. The van der Waals surface area contributed by atoms with Crippen molar-refractivity contribution < 1.29 is 23.1 Å². The van der Waals surface area contributed by atoms with Gasteiger partial charge < -0.3 is 5.11 Å². The van der Waals surface area contributed by atoms with Gasteiger partial charge in [0.1, 0.15) is 0 Å². The first kappa shape index (κ1) is 16.3. The zero-order chi connectivity index (χ0) is 16.7. The molecule has 0 amide bonds. The number of alkyl halides is 3. The van der Waals surface area contributed by atoms with Gasteiger partial charge in [-0.05, 0) is 31.7 Å². The van der Waals surface area contributed by atoms with Crippen molar-refractivity contribution in [1.82, 2.24) is 15.1 Å². The molecule has 0 radical (unpaired) electrons. The van der Waals surface area contributed by atoms with Crippen LogP contribution < -0.4 is 0 Å². The average Bonchev–Trinajstić information content (AvgIpc) is 3.10. The van der Waals surface area contributed by atoms with E-state index in [2.05, 4.69) is 15.1 Å². The van der Waals surface area contributed by atoms with E-state index in [1.54, 1.807) is 0 Å². The second-order valence-electron chi connectivity index (χ2n) is 6.66. The molecular weight excluding hydrogens is 311 g/mol. The molecule has 23 heavy (non-hydrogen) atoms. The van der Waals surface area contributed by atoms with E-state index in [1.807, 2.05) is 0 Å². The van der Waals surface area contributed by atoms with Gasteiger partial charge in [0, 0.05) is 24.3 Å². The molecule has 0 aromatic carbocycles. The summed E-state index contributed by atoms with van der Waals surface area (Å²) in [5, 5.41) is 15.0. The summed E-state index contributed by atoms with van der Waals surface area (Å²) in [6.07, 6.45) is 1.12. The van der Waals surface area contributed by atoms with Gasteiger partial charge in [-0.2, -0.15) is 18.3 Å². The molecule has 1 aromatic rings. The van der Waals surface area contributed by atoms with E-state index in [1.165, 1.54) is 0 Å². The number of carboxylic acid groups (broad SMARTS) is 1. The van der Waals surface area contributed by atoms with E-state index in [0.29, 0.717) is 18.7 Å². The van der Waals surface area contributed by atoms with E-state index in [-0.39, 0.29) is 12.1 Å². The number of nitrogens with one attached hydrogen (secondary N) is 1. The average molecular weight is 331 g/mol. The van der Waals surface area contributed by atoms with E-state index < -0.39 is 23.8 Å². The first-order valence-electron chi connectivity index (χ1n) is 7.89. The van der Waals surface area contributed by atoms with Crippen molar-refractivity contribution in [2.24, 2.45) is 5.92 Å². The van der Waals surface area contributed by atoms with E-state index >= 15 is 0 Å². The summed E-state index contributed by atoms with van der Waals surface area (Å²) in [5.74, 6) is -1.28. The Kier molecular flexibility index (Phi) is 4.12. The van der Waals surface area contributed by atoms with Crippen LogP contribution in [0, 0.1) is 5.92 Å². The van der Waals surface area contributed by atoms with Crippen LogP contribution in [0.15, 0.2) is 6.07 Å². The Bertz CT molecular complexity index is 579. The number of hydrogen-bond acceptors (Lipinski definition) is 3. The summed E-state index contributed by atoms with van der Waals surface area (Å²) in [7, 11) is 0. The highest BCUT2D eigenvalue weighted by molar-refractivity contribution is 5.70. The predicted octanol–water partition coefficient (Wildman–Crippen LogP) is 3.04. The number of aliphatic carboxylic acids is 1. The Hall–Kier alpha value is -1.57. The van der Waals surface area contributed by atoms with Gasteiger partial charge in [-0.25, -0.2) is 0 Å². The van der Waals surface area contributed by atoms with E-state index in [9.17, 15) is 23.1 Å². The number of aromatic nitrogens is 2. The number of carbonyl (C=O) groups is 1. The minimum absolute atomic E-state index is 0.0601. The molecule has 1 spiro atoms. The predicted molar refractivity (Wildman–Crippen MR) is 75.6 cm³/mol. The fourth-order valence-corrected chi connectivity index (χ4v) is 3.98. The number of halogens is 3. The third-order valence-corrected chi connectivity index (χ3v) is 5.24. The minimum Gasteiger partial charge on any atom is -0.481 e. The van der Waals surface area contributed by atoms with Crippen molar-refractivity contribution in [2.45, 2.75) is 56.8 Å². The van der Waals surface area contributed by atoms with E-state index in [4.69, 9.17) is 0 Å². The van der Waals surface area contributed by atoms with Gasteiger partial charge in [0.05, 0.1) is 5.92 Å². The lowest BCUT2D eigenvalue weighted by atomic mass is 9.80. The summed E-state index contributed by atoms with van der Waals surface area (Å²) in [5.41, 5.74) is -0.607. The molecule has 1 saturated carbocycles. The standard InChI is InChI=1S/C15H20F3N3O2/c16-15(17,18)12-7-11(19-20-12)9-21-8-10(13(22)23)3-6-14(21)4-1-2-5-14/h7,10H,1-6,8-9H2,(H,19,20)(H,22,23). The maximum Gasteiger partial charge on any atom is 0.435 e. The van der Waals surface area contributed by atoms with Crippen LogP contribution in [0.1, 0.15) is 49.9 Å². The zero-order valence-corrected chi connectivity index (χ0v) is 12.7. The highest BCUT2D eigenvalue weighted by atomic mass is 19.4. The molecule has 0 bridgehead atoms. The topological polar surface area (TPSA) is 69.2 Å². The summed E-state index contributed by atoms with van der Waals surface area (Å²) >= 11 is 0. The van der Waals surface area contributed by atoms with Gasteiger partial charge in [0.2, 0.25) is 0 Å². The highest BCUT2D eigenvalue weighted by Crippen LogP contribution is 2.44. The van der Waals surface area contributed by atoms with Gasteiger partial charge in [-0.15, -0.1) is 0 Å². The lowest BCUT2D eigenvalue weighted by Gasteiger charge is -2.46. The Morgan fingerprint density at radius 1 is 1.39 bits per heavy atom. The second-order valence-corrected chi connectivity index (χ2v) is 6.66. The minimum atomic E-state index is -4.47. The normalized spacial score (nSPS) is 25.1. The molecule has 1 aliphatic carbocycles. The lowest BCUT2D eigenvalue weighted by molar-refractivity contribution is -0.146. The van der Waals surface area contributed by atoms with Crippen LogP contribution in [0.25, 0.3) is 0 Å². The molecule has 2 N–H and O–H groups in total. The molecule has 1 aromatic heterocycles. The third-order valence-electron chi connectivity index (χ3n) is 5.24. The van der Waals surface area contributed by atoms with Crippen LogP contribution in [0.3, 0.4) is 0 Å². The first-order chi connectivity index (χ1) is 10.8. The van der Waals surface area contributed by atoms with Crippen LogP contribution in [0.2, 0.25) is 0 Å². The highest BCUT2D eigenvalue weighted by Gasteiger charge is 2.45. The number of carboxylic acids is 1. The molecule has 128 valence electrons. The van der Waals surface area contributed by atoms with Crippen LogP contribution >= 0.6 is 0 Å². The molecule has 3 rings (SSSR count). The number of nitrogens with zero attached hydrogens (tertiary/aromatic N) is 2. The fraction of sp³-hybridized carbons (Fsp3) is 0.733. The molecule has 1 unspecified atom stereocenters. The van der Waals surface area contributed by atoms with Crippen LogP contribution in [-0.2, 0) is 17.5 Å². The first-order valence-corrected chi connectivity index (χ1v) is 7.89. The van der Waals surface area contributed by atoms with Crippen molar-refractivity contribution in [2.75, 3.05) is 6.54 Å². The molecule has 2 aliphatic rings. The van der Waals surface area contributed by atoms with Gasteiger partial charge in [-0.3, -0.25) is 14.8 Å². The van der Waals surface area contributed by atoms with Gasteiger partial charge in [-0.1, -0.05) is 12.8 Å². The van der Waals surface area contributed by atoms with Crippen LogP contribution in [0.4, 0.5) is 13.2 Å². The number of likely N-dealkylation sites (tertiary alicyclic amines) is 1. The van der Waals surface area contributed by atoms with Gasteiger partial charge in [0.25, 0.3) is 0 Å². The van der Waals surface area contributed by atoms with Gasteiger partial charge in [0.15, 0.2) is 5.69 Å². The zero-order valence-electron chi connectivity index (χ0n) is 12.7. The summed E-state index contributed by atoms with van der Waals surface area (Å²) in [6, 6.07) is 1.02.